The second-order valence-corrected chi connectivity index (χ2v) is 5.36. The number of aliphatic imine (C=N–C) groups is 1. The van der Waals surface area contributed by atoms with E-state index in [9.17, 15) is 8.42 Å². The Labute approximate surface area is 103 Å². The Morgan fingerprint density at radius 3 is 2.76 bits per heavy atom. The summed E-state index contributed by atoms with van der Waals surface area (Å²) in [4.78, 5) is 4.08. The van der Waals surface area contributed by atoms with Crippen LogP contribution in [0.1, 0.15) is 12.0 Å². The average molecular weight is 279 g/mol. The summed E-state index contributed by atoms with van der Waals surface area (Å²) in [6, 6.07) is 0. The van der Waals surface area contributed by atoms with E-state index in [2.05, 4.69) is 10.1 Å². The van der Waals surface area contributed by atoms with Gasteiger partial charge in [-0.25, -0.2) is 13.6 Å². The summed E-state index contributed by atoms with van der Waals surface area (Å²) >= 11 is 5.88. The Bertz CT molecular complexity index is 578. The van der Waals surface area contributed by atoms with E-state index >= 15 is 0 Å². The molecule has 0 radical (unpaired) electrons. The van der Waals surface area contributed by atoms with Gasteiger partial charge >= 0.3 is 0 Å². The fraction of sp³-hybridized carbons (Fsp3) is 0.500. The number of aromatic nitrogens is 2. The van der Waals surface area contributed by atoms with Crippen LogP contribution in [0.4, 0.5) is 0 Å². The molecular formula is C8H11ClN4O3S. The van der Waals surface area contributed by atoms with Gasteiger partial charge in [-0.1, -0.05) is 11.6 Å². The zero-order valence-corrected chi connectivity index (χ0v) is 10.6. The summed E-state index contributed by atoms with van der Waals surface area (Å²) in [5.41, 5.74) is 0.136. The van der Waals surface area contributed by atoms with Gasteiger partial charge < -0.3 is 4.74 Å². The standard InChI is InChI=1S/C8H11ClN4O3S/c1-13-8(17(10,14)15)5(6(9)12-13)7-11-3-2-4-16-7/h2-4H2,1H3,(H2,10,14,15). The van der Waals surface area contributed by atoms with Crippen molar-refractivity contribution in [2.24, 2.45) is 17.2 Å². The van der Waals surface area contributed by atoms with Gasteiger partial charge in [0.2, 0.25) is 5.90 Å². The number of nitrogens with two attached hydrogens (primary N) is 1. The molecule has 0 fully saturated rings. The maximum atomic E-state index is 11.5. The number of nitrogens with zero attached hydrogens (tertiary/aromatic N) is 3. The minimum Gasteiger partial charge on any atom is -0.477 e. The second kappa shape index (κ2) is 4.28. The highest BCUT2D eigenvalue weighted by atomic mass is 35.5. The first kappa shape index (κ1) is 12.3. The van der Waals surface area contributed by atoms with E-state index in [0.717, 1.165) is 11.1 Å². The molecule has 1 aromatic rings. The first-order valence-corrected chi connectivity index (χ1v) is 6.76. The van der Waals surface area contributed by atoms with Gasteiger partial charge in [-0.05, 0) is 0 Å². The molecule has 0 saturated carbocycles. The Balaban J connectivity index is 2.64. The third-order valence-corrected chi connectivity index (χ3v) is 3.50. The van der Waals surface area contributed by atoms with Gasteiger partial charge in [0.1, 0.15) is 5.56 Å². The molecule has 0 saturated heterocycles. The third kappa shape index (κ3) is 2.28. The fourth-order valence-electron chi connectivity index (χ4n) is 1.59. The quantitative estimate of drug-likeness (QED) is 0.815. The molecule has 1 aliphatic rings. The van der Waals surface area contributed by atoms with Gasteiger partial charge in [0.25, 0.3) is 10.0 Å². The monoisotopic (exact) mass is 278 g/mol. The average Bonchev–Trinajstić information content (AvgIpc) is 2.54. The highest BCUT2D eigenvalue weighted by molar-refractivity contribution is 7.89. The van der Waals surface area contributed by atoms with Crippen molar-refractivity contribution in [3.05, 3.63) is 10.7 Å². The van der Waals surface area contributed by atoms with E-state index in [1.54, 1.807) is 0 Å². The molecule has 0 spiro atoms. The number of aryl methyl sites for hydroxylation is 1. The number of ether oxygens (including phenoxy) is 1. The number of hydrogen-bond acceptors (Lipinski definition) is 5. The summed E-state index contributed by atoms with van der Waals surface area (Å²) in [6.45, 7) is 1.03. The highest BCUT2D eigenvalue weighted by Gasteiger charge is 2.29. The summed E-state index contributed by atoms with van der Waals surface area (Å²) in [7, 11) is -2.49. The zero-order chi connectivity index (χ0) is 12.6. The molecule has 0 aliphatic carbocycles. The van der Waals surface area contributed by atoms with Crippen molar-refractivity contribution >= 4 is 27.5 Å². The number of halogens is 1. The van der Waals surface area contributed by atoms with Crippen LogP contribution >= 0.6 is 11.6 Å². The van der Waals surface area contributed by atoms with E-state index in [1.165, 1.54) is 7.05 Å². The van der Waals surface area contributed by atoms with Crippen LogP contribution in [0.25, 0.3) is 0 Å². The molecule has 1 aliphatic heterocycles. The molecule has 0 bridgehead atoms. The molecule has 2 N–H and O–H groups in total. The van der Waals surface area contributed by atoms with Crippen molar-refractivity contribution in [1.29, 1.82) is 0 Å². The van der Waals surface area contributed by atoms with Gasteiger partial charge in [0.15, 0.2) is 10.2 Å². The van der Waals surface area contributed by atoms with Gasteiger partial charge in [0, 0.05) is 20.0 Å². The van der Waals surface area contributed by atoms with Crippen molar-refractivity contribution in [3.63, 3.8) is 0 Å². The lowest BCUT2D eigenvalue weighted by Crippen LogP contribution is -2.22. The summed E-state index contributed by atoms with van der Waals surface area (Å²) < 4.78 is 29.3. The van der Waals surface area contributed by atoms with Crippen LogP contribution in [0.2, 0.25) is 5.15 Å². The van der Waals surface area contributed by atoms with Crippen molar-refractivity contribution in [2.45, 2.75) is 11.4 Å². The highest BCUT2D eigenvalue weighted by Crippen LogP contribution is 2.24. The molecule has 2 heterocycles. The number of rotatable bonds is 2. The molecule has 9 heteroatoms. The molecule has 2 rings (SSSR count). The zero-order valence-electron chi connectivity index (χ0n) is 9.05. The van der Waals surface area contributed by atoms with Gasteiger partial charge in [0.05, 0.1) is 6.61 Å². The van der Waals surface area contributed by atoms with Crippen LogP contribution in [-0.4, -0.2) is 37.2 Å². The Morgan fingerprint density at radius 2 is 2.24 bits per heavy atom. The summed E-state index contributed by atoms with van der Waals surface area (Å²) in [5, 5.41) is 8.76. The lowest BCUT2D eigenvalue weighted by atomic mass is 10.3. The molecule has 0 unspecified atom stereocenters. The summed E-state index contributed by atoms with van der Waals surface area (Å²) in [6.07, 6.45) is 0.784. The molecule has 0 amide bonds. The van der Waals surface area contributed by atoms with Crippen LogP contribution in [-0.2, 0) is 21.8 Å². The van der Waals surface area contributed by atoms with E-state index in [4.69, 9.17) is 21.5 Å². The Kier molecular flexibility index (Phi) is 3.11. The van der Waals surface area contributed by atoms with Crippen LogP contribution in [0.15, 0.2) is 10.0 Å². The maximum Gasteiger partial charge on any atom is 0.256 e. The first-order chi connectivity index (χ1) is 7.91. The predicted molar refractivity (Wildman–Crippen MR) is 61.6 cm³/mol. The number of hydrogen-bond donors (Lipinski definition) is 1. The molecular weight excluding hydrogens is 268 g/mol. The Hall–Kier alpha value is -1.12. The molecule has 17 heavy (non-hydrogen) atoms. The Morgan fingerprint density at radius 1 is 1.53 bits per heavy atom. The number of primary sulfonamides is 1. The van der Waals surface area contributed by atoms with Crippen LogP contribution in [0.5, 0.6) is 0 Å². The molecule has 0 aromatic carbocycles. The van der Waals surface area contributed by atoms with E-state index in [0.29, 0.717) is 13.2 Å². The van der Waals surface area contributed by atoms with Crippen molar-refractivity contribution in [3.8, 4) is 0 Å². The van der Waals surface area contributed by atoms with Crippen molar-refractivity contribution in [2.75, 3.05) is 13.2 Å². The van der Waals surface area contributed by atoms with Crippen LogP contribution < -0.4 is 5.14 Å². The van der Waals surface area contributed by atoms with Crippen molar-refractivity contribution in [1.82, 2.24) is 9.78 Å². The molecule has 94 valence electrons. The van der Waals surface area contributed by atoms with E-state index in [1.807, 2.05) is 0 Å². The third-order valence-electron chi connectivity index (χ3n) is 2.23. The van der Waals surface area contributed by atoms with Crippen LogP contribution in [0, 0.1) is 0 Å². The van der Waals surface area contributed by atoms with Gasteiger partial charge in [-0.2, -0.15) is 5.10 Å². The van der Waals surface area contributed by atoms with Gasteiger partial charge in [-0.3, -0.25) is 9.67 Å². The first-order valence-electron chi connectivity index (χ1n) is 4.84. The SMILES string of the molecule is Cn1nc(Cl)c(C2=NCCCO2)c1S(N)(=O)=O. The molecule has 7 nitrogen and oxygen atoms in total. The largest absolute Gasteiger partial charge is 0.477 e. The molecule has 0 atom stereocenters. The predicted octanol–water partition coefficient (Wildman–Crippen LogP) is -0.112. The number of sulfonamides is 1. The van der Waals surface area contributed by atoms with Gasteiger partial charge in [-0.15, -0.1) is 0 Å². The van der Waals surface area contributed by atoms with E-state index < -0.39 is 10.0 Å². The maximum absolute atomic E-state index is 11.5. The van der Waals surface area contributed by atoms with Crippen LogP contribution in [0.3, 0.4) is 0 Å². The minimum atomic E-state index is -3.94. The van der Waals surface area contributed by atoms with E-state index in [-0.39, 0.29) is 21.6 Å². The normalized spacial score (nSPS) is 16.5. The molecule has 1 aromatic heterocycles. The lowest BCUT2D eigenvalue weighted by molar-refractivity contribution is 0.283. The second-order valence-electron chi connectivity index (χ2n) is 3.53. The summed E-state index contributed by atoms with van der Waals surface area (Å²) in [5.74, 6) is 0.179. The lowest BCUT2D eigenvalue weighted by Gasteiger charge is -2.13. The smallest absolute Gasteiger partial charge is 0.256 e. The van der Waals surface area contributed by atoms with Crippen molar-refractivity contribution < 1.29 is 13.2 Å². The minimum absolute atomic E-state index is 0.0113. The topological polar surface area (TPSA) is 99.6 Å². The fourth-order valence-corrected chi connectivity index (χ4v) is 2.81.